The third-order valence-electron chi connectivity index (χ3n) is 7.96. The van der Waals surface area contributed by atoms with Crippen LogP contribution in [-0.4, -0.2) is 24.6 Å². The summed E-state index contributed by atoms with van der Waals surface area (Å²) >= 11 is 18.4. The van der Waals surface area contributed by atoms with Crippen molar-refractivity contribution >= 4 is 46.3 Å². The van der Waals surface area contributed by atoms with Crippen molar-refractivity contribution in [3.05, 3.63) is 35.4 Å². The van der Waals surface area contributed by atoms with E-state index < -0.39 is 12.6 Å². The largest absolute Gasteiger partial charge is 0.308 e. The Bertz CT molecular complexity index is 627. The van der Waals surface area contributed by atoms with Crippen LogP contribution in [0.25, 0.3) is 0 Å². The molecule has 0 amide bonds. The summed E-state index contributed by atoms with van der Waals surface area (Å²) < 4.78 is 0. The fraction of sp³-hybridized carbons (Fsp3) is 0.769. The third kappa shape index (κ3) is 9.61. The second-order valence-electron chi connectivity index (χ2n) is 10.4. The lowest BCUT2D eigenvalue weighted by Gasteiger charge is -2.32. The van der Waals surface area contributed by atoms with Crippen molar-refractivity contribution in [2.75, 3.05) is 24.6 Å². The van der Waals surface area contributed by atoms with Crippen LogP contribution in [0.1, 0.15) is 90.2 Å². The van der Waals surface area contributed by atoms with Gasteiger partial charge in [-0.1, -0.05) is 45.0 Å². The van der Waals surface area contributed by atoms with Gasteiger partial charge in [0.25, 0.3) is 0 Å². The number of halogens is 3. The predicted octanol–water partition coefficient (Wildman–Crippen LogP) is 11.1. The molecule has 0 bridgehead atoms. The third-order valence-corrected chi connectivity index (χ3v) is 15.1. The van der Waals surface area contributed by atoms with Crippen molar-refractivity contribution in [3.63, 3.8) is 0 Å². The predicted molar refractivity (Wildman–Crippen MR) is 150 cm³/mol. The molecule has 1 saturated carbocycles. The molecule has 0 heterocycles. The normalized spacial score (nSPS) is 21.5. The average molecular weight is 526 g/mol. The number of hydrogen-bond acceptors (Lipinski definition) is 0. The Morgan fingerprint density at radius 3 is 1.97 bits per heavy atom. The molecule has 178 valence electrons. The van der Waals surface area contributed by atoms with Crippen LogP contribution in [0.15, 0.2) is 24.3 Å². The van der Waals surface area contributed by atoms with Crippen LogP contribution in [0.5, 0.6) is 0 Å². The van der Waals surface area contributed by atoms with Crippen LogP contribution < -0.4 is 0 Å². The van der Waals surface area contributed by atoms with E-state index in [0.29, 0.717) is 11.8 Å². The second kappa shape index (κ2) is 13.1. The maximum Gasteiger partial charge on any atom is 0.308 e. The molecule has 0 N–H and O–H groups in total. The number of hydrogen-bond donors (Lipinski definition) is 0. The minimum Gasteiger partial charge on any atom is -0.0622 e. The highest BCUT2D eigenvalue weighted by atomic mass is 36.1. The Morgan fingerprint density at radius 1 is 0.903 bits per heavy atom. The molecule has 31 heavy (non-hydrogen) atoms. The molecule has 2 rings (SSSR count). The van der Waals surface area contributed by atoms with Crippen LogP contribution in [-0.2, 0) is 6.16 Å². The van der Waals surface area contributed by atoms with Crippen molar-refractivity contribution in [2.45, 2.75) is 85.2 Å². The molecule has 1 aromatic rings. The monoisotopic (exact) mass is 524 g/mol. The van der Waals surface area contributed by atoms with Gasteiger partial charge in [0.1, 0.15) is 39.9 Å². The molecule has 0 aromatic heterocycles. The SMILES string of the molecule is CC[P+](CC)(CCCC(C)C1CCC(C[P+](Cl)(Cl)Cl)CC1)Cc1ccc(C(C)C)cc1. The van der Waals surface area contributed by atoms with Crippen LogP contribution in [0.4, 0.5) is 0 Å². The molecule has 1 aliphatic rings. The van der Waals surface area contributed by atoms with Gasteiger partial charge < -0.3 is 0 Å². The smallest absolute Gasteiger partial charge is 0.0622 e. The fourth-order valence-electron chi connectivity index (χ4n) is 5.45. The van der Waals surface area contributed by atoms with E-state index in [1.807, 2.05) is 0 Å². The summed E-state index contributed by atoms with van der Waals surface area (Å²) in [7, 11) is -0.889. The zero-order valence-electron chi connectivity index (χ0n) is 20.4. The van der Waals surface area contributed by atoms with E-state index in [0.717, 1.165) is 18.0 Å². The van der Waals surface area contributed by atoms with Crippen molar-refractivity contribution in [3.8, 4) is 0 Å². The average Bonchev–Trinajstić information content (AvgIpc) is 2.72. The minimum atomic E-state index is -2.19. The molecule has 1 atom stereocenters. The van der Waals surface area contributed by atoms with E-state index in [2.05, 4.69) is 58.9 Å². The molecule has 0 nitrogen and oxygen atoms in total. The number of benzene rings is 1. The van der Waals surface area contributed by atoms with Gasteiger partial charge in [-0.05, 0) is 87.2 Å². The summed E-state index contributed by atoms with van der Waals surface area (Å²) in [6.07, 6.45) is 14.4. The van der Waals surface area contributed by atoms with E-state index in [4.69, 9.17) is 33.7 Å². The van der Waals surface area contributed by atoms with Crippen LogP contribution in [0.3, 0.4) is 0 Å². The molecule has 5 heteroatoms. The molecule has 1 aromatic carbocycles. The number of rotatable bonds is 12. The lowest BCUT2D eigenvalue weighted by Crippen LogP contribution is -2.22. The maximum absolute atomic E-state index is 6.13. The Balaban J connectivity index is 1.82. The maximum atomic E-state index is 6.13. The van der Waals surface area contributed by atoms with Crippen LogP contribution in [0, 0.1) is 17.8 Å². The van der Waals surface area contributed by atoms with Crippen molar-refractivity contribution in [2.24, 2.45) is 17.8 Å². The van der Waals surface area contributed by atoms with Gasteiger partial charge in [0, 0.05) is 7.26 Å². The van der Waals surface area contributed by atoms with Gasteiger partial charge in [0.2, 0.25) is 0 Å². The topological polar surface area (TPSA) is 0 Å². The Labute approximate surface area is 208 Å². The molecular formula is C26H45Cl3P2+2. The van der Waals surface area contributed by atoms with E-state index in [-0.39, 0.29) is 0 Å². The van der Waals surface area contributed by atoms with Gasteiger partial charge in [-0.25, -0.2) is 0 Å². The highest BCUT2D eigenvalue weighted by Crippen LogP contribution is 2.75. The first kappa shape index (κ1) is 28.2. The zero-order valence-corrected chi connectivity index (χ0v) is 24.5. The first-order chi connectivity index (χ1) is 14.6. The molecular weight excluding hydrogens is 481 g/mol. The molecule has 0 aliphatic heterocycles. The molecule has 1 fully saturated rings. The Hall–Kier alpha value is 0.950. The van der Waals surface area contributed by atoms with Crippen molar-refractivity contribution in [1.29, 1.82) is 0 Å². The van der Waals surface area contributed by atoms with E-state index in [9.17, 15) is 0 Å². The van der Waals surface area contributed by atoms with Crippen LogP contribution in [0.2, 0.25) is 0 Å². The summed E-state index contributed by atoms with van der Waals surface area (Å²) in [5.41, 5.74) is 3.02. The second-order valence-corrected chi connectivity index (χ2v) is 23.3. The molecule has 1 aliphatic carbocycles. The van der Waals surface area contributed by atoms with Gasteiger partial charge in [-0.2, -0.15) is 0 Å². The van der Waals surface area contributed by atoms with Gasteiger partial charge in [0.05, 0.1) is 24.6 Å². The van der Waals surface area contributed by atoms with Gasteiger partial charge >= 0.3 is 5.32 Å². The fourth-order valence-corrected chi connectivity index (χ4v) is 11.7. The lowest BCUT2D eigenvalue weighted by atomic mass is 9.76. The zero-order chi connectivity index (χ0) is 23.1. The summed E-state index contributed by atoms with van der Waals surface area (Å²) in [5, 5.41) is -2.19. The van der Waals surface area contributed by atoms with Gasteiger partial charge in [-0.15, -0.1) is 0 Å². The summed E-state index contributed by atoms with van der Waals surface area (Å²) in [4.78, 5) is 0. The standard InChI is InChI=1S/C26H45Cl3P2/c1-6-30(7-2,19-23-10-14-25(15-11-23)21(3)4)18-8-9-22(5)26-16-12-24(13-17-26)20-31(27,28)29/h10-11,14-15,21-22,24,26H,6-9,12-13,16-20H2,1-5H3/q+2. The highest BCUT2D eigenvalue weighted by Gasteiger charge is 2.38. The molecule has 1 unspecified atom stereocenters. The van der Waals surface area contributed by atoms with E-state index >= 15 is 0 Å². The summed E-state index contributed by atoms with van der Waals surface area (Å²) in [6, 6.07) is 9.50. The quantitative estimate of drug-likeness (QED) is 0.238. The van der Waals surface area contributed by atoms with Crippen molar-refractivity contribution in [1.82, 2.24) is 0 Å². The minimum absolute atomic E-state index is 0.617. The van der Waals surface area contributed by atoms with Gasteiger partial charge in [-0.3, -0.25) is 0 Å². The first-order valence-electron chi connectivity index (χ1n) is 12.5. The Kier molecular flexibility index (Phi) is 12.0. The lowest BCUT2D eigenvalue weighted by molar-refractivity contribution is 0.216. The van der Waals surface area contributed by atoms with Crippen molar-refractivity contribution < 1.29 is 0 Å². The Morgan fingerprint density at radius 2 is 1.48 bits per heavy atom. The van der Waals surface area contributed by atoms with Gasteiger partial charge in [0.15, 0.2) is 0 Å². The van der Waals surface area contributed by atoms with E-state index in [1.54, 1.807) is 5.56 Å². The molecule has 0 saturated heterocycles. The van der Waals surface area contributed by atoms with Crippen LogP contribution >= 0.6 is 46.3 Å². The first-order valence-corrected chi connectivity index (χ1v) is 19.7. The molecule has 0 spiro atoms. The highest BCUT2D eigenvalue weighted by molar-refractivity contribution is 8.32. The summed E-state index contributed by atoms with van der Waals surface area (Å²) in [6.45, 7) is 11.9. The summed E-state index contributed by atoms with van der Waals surface area (Å²) in [5.74, 6) is 2.98. The molecule has 0 radical (unpaired) electrons. The van der Waals surface area contributed by atoms with E-state index in [1.165, 1.54) is 68.7 Å².